The fourth-order valence-corrected chi connectivity index (χ4v) is 3.91. The molecule has 3 aromatic rings. The van der Waals surface area contributed by atoms with Gasteiger partial charge < -0.3 is 29.6 Å². The molecule has 10 heteroatoms. The van der Waals surface area contributed by atoms with E-state index in [0.717, 1.165) is 6.26 Å². The third-order valence-corrected chi connectivity index (χ3v) is 6.03. The van der Waals surface area contributed by atoms with E-state index in [0.29, 0.717) is 40.8 Å². The number of nitrogens with one attached hydrogen (secondary N) is 2. The second-order valence-electron chi connectivity index (χ2n) is 8.27. The molecule has 0 fully saturated rings. The first-order valence-corrected chi connectivity index (χ1v) is 12.9. The van der Waals surface area contributed by atoms with Crippen molar-refractivity contribution in [3.05, 3.63) is 60.3 Å². The average Bonchev–Trinajstić information content (AvgIpc) is 3.28. The van der Waals surface area contributed by atoms with Gasteiger partial charge in [-0.15, -0.1) is 0 Å². The van der Waals surface area contributed by atoms with Crippen molar-refractivity contribution in [2.75, 3.05) is 26.5 Å². The third-order valence-electron chi connectivity index (χ3n) is 4.91. The zero-order valence-electron chi connectivity index (χ0n) is 20.1. The number of aliphatic hydroxyl groups excluding tert-OH is 1. The number of H-pyrrole nitrogens is 1. The van der Waals surface area contributed by atoms with Gasteiger partial charge in [-0.2, -0.15) is 0 Å². The highest BCUT2D eigenvalue weighted by atomic mass is 32.2. The van der Waals surface area contributed by atoms with Crippen LogP contribution in [0.2, 0.25) is 0 Å². The highest BCUT2D eigenvalue weighted by Gasteiger charge is 2.14. The summed E-state index contributed by atoms with van der Waals surface area (Å²) >= 11 is 0. The maximum absolute atomic E-state index is 12.3. The van der Waals surface area contributed by atoms with Crippen LogP contribution in [-0.4, -0.2) is 63.1 Å². The molecular formula is C25H30N2O7S. The predicted octanol–water partition coefficient (Wildman–Crippen LogP) is 3.40. The maximum atomic E-state index is 12.3. The molecule has 0 aliphatic carbocycles. The highest BCUT2D eigenvalue weighted by molar-refractivity contribution is 7.90. The Labute approximate surface area is 205 Å². The standard InChI is InChI=1S/C25H30N2O7S/c1-16(28)14-26-25(29)24-10-9-23(27-24)18-11-20(33-17(2)15-32-3)13-21(12-18)34-19-5-7-22(8-6-19)35(4,30)31/h5-13,16-17,27-28H,14-15H2,1-4H3,(H,26,29)/t16-,17+/m1/s1. The first-order chi connectivity index (χ1) is 16.5. The first kappa shape index (κ1) is 26.3. The number of rotatable bonds is 11. The molecule has 2 aromatic carbocycles. The Bertz CT molecular complexity index is 1250. The molecule has 3 rings (SSSR count). The molecule has 2 atom stereocenters. The van der Waals surface area contributed by atoms with Gasteiger partial charge in [-0.05, 0) is 62.4 Å². The van der Waals surface area contributed by atoms with Crippen LogP contribution in [0.4, 0.5) is 0 Å². The van der Waals surface area contributed by atoms with Gasteiger partial charge in [0.15, 0.2) is 9.84 Å². The molecule has 9 nitrogen and oxygen atoms in total. The number of methoxy groups -OCH3 is 1. The SMILES string of the molecule is COC[C@H](C)Oc1cc(Oc2ccc(S(C)(=O)=O)cc2)cc(-c2ccc(C(=O)NC[C@@H](C)O)[nH]2)c1. The molecule has 188 valence electrons. The minimum Gasteiger partial charge on any atom is -0.488 e. The topological polar surface area (TPSA) is 127 Å². The Balaban J connectivity index is 1.90. The van der Waals surface area contributed by atoms with Gasteiger partial charge in [-0.25, -0.2) is 8.42 Å². The number of hydrogen-bond acceptors (Lipinski definition) is 7. The molecule has 1 heterocycles. The summed E-state index contributed by atoms with van der Waals surface area (Å²) in [5.41, 5.74) is 1.72. The molecule has 1 amide bonds. The van der Waals surface area contributed by atoms with Crippen LogP contribution in [0.15, 0.2) is 59.5 Å². The lowest BCUT2D eigenvalue weighted by atomic mass is 10.1. The lowest BCUT2D eigenvalue weighted by Crippen LogP contribution is -2.30. The summed E-state index contributed by atoms with van der Waals surface area (Å²) in [4.78, 5) is 15.6. The Morgan fingerprint density at radius 3 is 2.34 bits per heavy atom. The highest BCUT2D eigenvalue weighted by Crippen LogP contribution is 2.33. The third kappa shape index (κ3) is 7.57. The largest absolute Gasteiger partial charge is 0.488 e. The predicted molar refractivity (Wildman–Crippen MR) is 132 cm³/mol. The van der Waals surface area contributed by atoms with Crippen molar-refractivity contribution in [1.29, 1.82) is 0 Å². The monoisotopic (exact) mass is 502 g/mol. The smallest absolute Gasteiger partial charge is 0.267 e. The van der Waals surface area contributed by atoms with Crippen LogP contribution in [0.3, 0.4) is 0 Å². The molecule has 0 saturated carbocycles. The number of carbonyl (C=O) groups is 1. The summed E-state index contributed by atoms with van der Waals surface area (Å²) in [7, 11) is -1.72. The van der Waals surface area contributed by atoms with Gasteiger partial charge in [0.1, 0.15) is 29.0 Å². The van der Waals surface area contributed by atoms with E-state index in [1.54, 1.807) is 50.4 Å². The van der Waals surface area contributed by atoms with Gasteiger partial charge in [-0.3, -0.25) is 4.79 Å². The molecular weight excluding hydrogens is 472 g/mol. The van der Waals surface area contributed by atoms with Gasteiger partial charge in [0.05, 0.1) is 17.6 Å². The van der Waals surface area contributed by atoms with Crippen LogP contribution >= 0.6 is 0 Å². The minimum absolute atomic E-state index is 0.143. The second kappa shape index (κ2) is 11.4. The summed E-state index contributed by atoms with van der Waals surface area (Å²) < 4.78 is 40.5. The number of benzene rings is 2. The van der Waals surface area contributed by atoms with E-state index in [1.807, 2.05) is 13.0 Å². The van der Waals surface area contributed by atoms with Gasteiger partial charge in [0.2, 0.25) is 0 Å². The summed E-state index contributed by atoms with van der Waals surface area (Å²) in [5.74, 6) is 1.12. The number of sulfone groups is 1. The van der Waals surface area contributed by atoms with Crippen LogP contribution in [-0.2, 0) is 14.6 Å². The second-order valence-corrected chi connectivity index (χ2v) is 10.3. The summed E-state index contributed by atoms with van der Waals surface area (Å²) in [6, 6.07) is 14.9. The summed E-state index contributed by atoms with van der Waals surface area (Å²) in [5, 5.41) is 12.0. The fraction of sp³-hybridized carbons (Fsp3) is 0.320. The zero-order valence-corrected chi connectivity index (χ0v) is 20.9. The van der Waals surface area contributed by atoms with Crippen molar-refractivity contribution < 1.29 is 32.5 Å². The Morgan fingerprint density at radius 1 is 1.03 bits per heavy atom. The number of hydrogen-bond donors (Lipinski definition) is 3. The molecule has 0 radical (unpaired) electrons. The van der Waals surface area contributed by atoms with E-state index < -0.39 is 15.9 Å². The van der Waals surface area contributed by atoms with Crippen molar-refractivity contribution in [3.63, 3.8) is 0 Å². The van der Waals surface area contributed by atoms with Crippen LogP contribution in [0, 0.1) is 0 Å². The molecule has 0 unspecified atom stereocenters. The molecule has 0 aliphatic heterocycles. The van der Waals surface area contributed by atoms with Crippen LogP contribution in [0.25, 0.3) is 11.3 Å². The van der Waals surface area contributed by atoms with Gasteiger partial charge >= 0.3 is 0 Å². The number of ether oxygens (including phenoxy) is 3. The van der Waals surface area contributed by atoms with Crippen LogP contribution in [0.1, 0.15) is 24.3 Å². The van der Waals surface area contributed by atoms with Crippen molar-refractivity contribution in [1.82, 2.24) is 10.3 Å². The van der Waals surface area contributed by atoms with E-state index in [-0.39, 0.29) is 23.5 Å². The van der Waals surface area contributed by atoms with Gasteiger partial charge in [-0.1, -0.05) is 0 Å². The van der Waals surface area contributed by atoms with E-state index in [1.165, 1.54) is 12.1 Å². The molecule has 35 heavy (non-hydrogen) atoms. The number of aromatic nitrogens is 1. The van der Waals surface area contributed by atoms with Gasteiger partial charge in [0, 0.05) is 37.2 Å². The Hall–Kier alpha value is -3.34. The Kier molecular flexibility index (Phi) is 8.55. The van der Waals surface area contributed by atoms with E-state index >= 15 is 0 Å². The maximum Gasteiger partial charge on any atom is 0.267 e. The zero-order chi connectivity index (χ0) is 25.6. The quantitative estimate of drug-likeness (QED) is 0.367. The average molecular weight is 503 g/mol. The van der Waals surface area contributed by atoms with Crippen molar-refractivity contribution >= 4 is 15.7 Å². The normalized spacial score (nSPS) is 13.2. The molecule has 0 bridgehead atoms. The van der Waals surface area contributed by atoms with Crippen molar-refractivity contribution in [3.8, 4) is 28.5 Å². The van der Waals surface area contributed by atoms with E-state index in [4.69, 9.17) is 14.2 Å². The number of aromatic amines is 1. The van der Waals surface area contributed by atoms with Gasteiger partial charge in [0.25, 0.3) is 5.91 Å². The molecule has 0 aliphatic rings. The van der Waals surface area contributed by atoms with Crippen LogP contribution in [0.5, 0.6) is 17.2 Å². The minimum atomic E-state index is -3.31. The van der Waals surface area contributed by atoms with E-state index in [9.17, 15) is 18.3 Å². The molecule has 3 N–H and O–H groups in total. The Morgan fingerprint density at radius 2 is 1.71 bits per heavy atom. The lowest BCUT2D eigenvalue weighted by Gasteiger charge is -2.16. The number of carbonyl (C=O) groups excluding carboxylic acids is 1. The summed E-state index contributed by atoms with van der Waals surface area (Å²) in [6.45, 7) is 4.00. The lowest BCUT2D eigenvalue weighted by molar-refractivity contribution is 0.0919. The number of aliphatic hydroxyl groups is 1. The fourth-order valence-electron chi connectivity index (χ4n) is 3.28. The molecule has 1 aromatic heterocycles. The summed E-state index contributed by atoms with van der Waals surface area (Å²) in [6.07, 6.45) is 0.275. The molecule has 0 saturated heterocycles. The van der Waals surface area contributed by atoms with E-state index in [2.05, 4.69) is 10.3 Å². The number of amides is 1. The first-order valence-electron chi connectivity index (χ1n) is 11.0. The van der Waals surface area contributed by atoms with Crippen molar-refractivity contribution in [2.45, 2.75) is 31.0 Å². The van der Waals surface area contributed by atoms with Crippen molar-refractivity contribution in [2.24, 2.45) is 0 Å². The van der Waals surface area contributed by atoms with Crippen LogP contribution < -0.4 is 14.8 Å². The molecule has 0 spiro atoms.